The van der Waals surface area contributed by atoms with E-state index in [-0.39, 0.29) is 23.4 Å². The molecule has 0 unspecified atom stereocenters. The van der Waals surface area contributed by atoms with E-state index in [9.17, 15) is 13.6 Å². The van der Waals surface area contributed by atoms with Crippen molar-refractivity contribution in [3.8, 4) is 0 Å². The minimum Gasteiger partial charge on any atom is -0.392 e. The second kappa shape index (κ2) is 4.30. The van der Waals surface area contributed by atoms with Crippen LogP contribution in [0.2, 0.25) is 0 Å². The van der Waals surface area contributed by atoms with Crippen molar-refractivity contribution in [2.45, 2.75) is 19.6 Å². The number of halogens is 2. The maximum Gasteiger partial charge on any atom is 0.265 e. The third-order valence-electron chi connectivity index (χ3n) is 1.84. The van der Waals surface area contributed by atoms with Crippen LogP contribution in [-0.2, 0) is 13.2 Å². The van der Waals surface area contributed by atoms with Crippen LogP contribution < -0.4 is 11.3 Å². The van der Waals surface area contributed by atoms with Gasteiger partial charge in [-0.15, -0.1) is 0 Å². The van der Waals surface area contributed by atoms with Crippen molar-refractivity contribution in [3.05, 3.63) is 33.2 Å². The van der Waals surface area contributed by atoms with Gasteiger partial charge in [-0.3, -0.25) is 4.79 Å². The van der Waals surface area contributed by atoms with Crippen molar-refractivity contribution in [2.75, 3.05) is 0 Å². The summed E-state index contributed by atoms with van der Waals surface area (Å²) in [5.41, 5.74) is 4.16. The highest BCUT2D eigenvalue weighted by molar-refractivity contribution is 5.30. The van der Waals surface area contributed by atoms with Crippen molar-refractivity contribution < 1.29 is 13.9 Å². The Morgan fingerprint density at radius 3 is 2.64 bits per heavy atom. The molecule has 0 aliphatic carbocycles. The van der Waals surface area contributed by atoms with E-state index in [1.54, 1.807) is 0 Å². The van der Waals surface area contributed by atoms with E-state index in [0.29, 0.717) is 0 Å². The Morgan fingerprint density at radius 2 is 2.21 bits per heavy atom. The Balaban J connectivity index is 3.40. The van der Waals surface area contributed by atoms with E-state index in [1.807, 2.05) is 0 Å². The largest absolute Gasteiger partial charge is 0.392 e. The van der Waals surface area contributed by atoms with Gasteiger partial charge in [-0.1, -0.05) is 0 Å². The van der Waals surface area contributed by atoms with Crippen LogP contribution >= 0.6 is 0 Å². The molecular weight excluding hydrogens is 194 g/mol. The average Bonchev–Trinajstić information content (AvgIpc) is 2.15. The lowest BCUT2D eigenvalue weighted by Crippen LogP contribution is -2.17. The first-order chi connectivity index (χ1) is 6.60. The highest BCUT2D eigenvalue weighted by Crippen LogP contribution is 2.24. The fraction of sp³-hybridized carbons (Fsp3) is 0.375. The van der Waals surface area contributed by atoms with E-state index in [0.717, 1.165) is 6.07 Å². The Kier molecular flexibility index (Phi) is 3.32. The van der Waals surface area contributed by atoms with Crippen LogP contribution in [-0.4, -0.2) is 10.1 Å². The fourth-order valence-electron chi connectivity index (χ4n) is 1.25. The van der Waals surface area contributed by atoms with Gasteiger partial charge < -0.3 is 15.8 Å². The summed E-state index contributed by atoms with van der Waals surface area (Å²) >= 11 is 0. The number of aromatic amines is 1. The number of hydrogen-bond acceptors (Lipinski definition) is 3. The van der Waals surface area contributed by atoms with Gasteiger partial charge in [0.15, 0.2) is 0 Å². The molecule has 14 heavy (non-hydrogen) atoms. The normalized spacial score (nSPS) is 10.9. The molecule has 0 aliphatic rings. The second-order valence-corrected chi connectivity index (χ2v) is 2.71. The standard InChI is InChI=1S/C8H10F2N2O2/c9-8(10)7-4(3-13)1-6(14)12-5(7)2-11/h1,8,13H,2-3,11H2,(H,12,14). The number of nitrogens with two attached hydrogens (primary N) is 1. The number of pyridine rings is 1. The number of aliphatic hydroxyl groups excluding tert-OH is 1. The maximum absolute atomic E-state index is 12.5. The number of aliphatic hydroxyl groups is 1. The van der Waals surface area contributed by atoms with E-state index < -0.39 is 18.6 Å². The topological polar surface area (TPSA) is 79.1 Å². The summed E-state index contributed by atoms with van der Waals surface area (Å²) in [6, 6.07) is 0.945. The van der Waals surface area contributed by atoms with E-state index in [4.69, 9.17) is 10.8 Å². The van der Waals surface area contributed by atoms with Gasteiger partial charge in [-0.2, -0.15) is 0 Å². The van der Waals surface area contributed by atoms with Crippen LogP contribution in [0.5, 0.6) is 0 Å². The second-order valence-electron chi connectivity index (χ2n) is 2.71. The van der Waals surface area contributed by atoms with Gasteiger partial charge in [-0.05, 0) is 5.56 Å². The van der Waals surface area contributed by atoms with Crippen molar-refractivity contribution in [1.82, 2.24) is 4.98 Å². The predicted molar refractivity (Wildman–Crippen MR) is 45.8 cm³/mol. The van der Waals surface area contributed by atoms with Crippen molar-refractivity contribution in [1.29, 1.82) is 0 Å². The number of alkyl halides is 2. The van der Waals surface area contributed by atoms with Crippen LogP contribution in [0.3, 0.4) is 0 Å². The third-order valence-corrected chi connectivity index (χ3v) is 1.84. The summed E-state index contributed by atoms with van der Waals surface area (Å²) in [7, 11) is 0. The quantitative estimate of drug-likeness (QED) is 0.660. The summed E-state index contributed by atoms with van der Waals surface area (Å²) in [5, 5.41) is 8.78. The van der Waals surface area contributed by atoms with Gasteiger partial charge >= 0.3 is 0 Å². The molecule has 0 radical (unpaired) electrons. The monoisotopic (exact) mass is 204 g/mol. The molecule has 1 rings (SSSR count). The molecule has 0 bridgehead atoms. The number of rotatable bonds is 3. The molecule has 0 aliphatic heterocycles. The minimum atomic E-state index is -2.76. The molecule has 0 atom stereocenters. The van der Waals surface area contributed by atoms with E-state index in [2.05, 4.69) is 4.98 Å². The Bertz CT molecular complexity index is 348. The summed E-state index contributed by atoms with van der Waals surface area (Å²) in [6.07, 6.45) is -2.76. The molecule has 6 heteroatoms. The Labute approximate surface area is 78.4 Å². The summed E-state index contributed by atoms with van der Waals surface area (Å²) in [4.78, 5) is 13.1. The summed E-state index contributed by atoms with van der Waals surface area (Å²) in [6.45, 7) is -0.792. The third kappa shape index (κ3) is 1.97. The van der Waals surface area contributed by atoms with E-state index >= 15 is 0 Å². The van der Waals surface area contributed by atoms with Crippen LogP contribution in [0.1, 0.15) is 23.2 Å². The first-order valence-electron chi connectivity index (χ1n) is 3.94. The van der Waals surface area contributed by atoms with Gasteiger partial charge in [0, 0.05) is 23.9 Å². The van der Waals surface area contributed by atoms with Gasteiger partial charge in [-0.25, -0.2) is 8.78 Å². The van der Waals surface area contributed by atoms with Crippen LogP contribution in [0, 0.1) is 0 Å². The molecule has 1 heterocycles. The van der Waals surface area contributed by atoms with Crippen LogP contribution in [0.4, 0.5) is 8.78 Å². The molecule has 0 spiro atoms. The van der Waals surface area contributed by atoms with E-state index in [1.165, 1.54) is 0 Å². The number of hydrogen-bond donors (Lipinski definition) is 3. The molecule has 0 fully saturated rings. The molecular formula is C8H10F2N2O2. The number of nitrogens with one attached hydrogen (secondary N) is 1. The average molecular weight is 204 g/mol. The Morgan fingerprint density at radius 1 is 1.57 bits per heavy atom. The SMILES string of the molecule is NCc1[nH]c(=O)cc(CO)c1C(F)F. The zero-order valence-electron chi connectivity index (χ0n) is 7.26. The number of aromatic nitrogens is 1. The Hall–Kier alpha value is -1.27. The summed E-state index contributed by atoms with van der Waals surface area (Å²) in [5.74, 6) is 0. The summed E-state index contributed by atoms with van der Waals surface area (Å²) < 4.78 is 25.0. The van der Waals surface area contributed by atoms with Crippen molar-refractivity contribution >= 4 is 0 Å². The minimum absolute atomic E-state index is 0.0310. The lowest BCUT2D eigenvalue weighted by atomic mass is 10.1. The molecule has 0 saturated carbocycles. The van der Waals surface area contributed by atoms with Crippen LogP contribution in [0.15, 0.2) is 10.9 Å². The molecule has 4 nitrogen and oxygen atoms in total. The van der Waals surface area contributed by atoms with Crippen molar-refractivity contribution in [2.24, 2.45) is 5.73 Å². The molecule has 0 amide bonds. The smallest absolute Gasteiger partial charge is 0.265 e. The van der Waals surface area contributed by atoms with Crippen LogP contribution in [0.25, 0.3) is 0 Å². The molecule has 1 aromatic rings. The zero-order chi connectivity index (χ0) is 10.7. The molecule has 78 valence electrons. The lowest BCUT2D eigenvalue weighted by Gasteiger charge is -2.10. The fourth-order valence-corrected chi connectivity index (χ4v) is 1.25. The predicted octanol–water partition coefficient (Wildman–Crippen LogP) is 0.264. The first kappa shape index (κ1) is 10.8. The molecule has 0 aromatic carbocycles. The van der Waals surface area contributed by atoms with Gasteiger partial charge in [0.1, 0.15) is 0 Å². The van der Waals surface area contributed by atoms with Crippen molar-refractivity contribution in [3.63, 3.8) is 0 Å². The first-order valence-corrected chi connectivity index (χ1v) is 3.94. The van der Waals surface area contributed by atoms with Gasteiger partial charge in [0.05, 0.1) is 6.61 Å². The number of H-pyrrole nitrogens is 1. The maximum atomic E-state index is 12.5. The van der Waals surface area contributed by atoms with Gasteiger partial charge in [0.2, 0.25) is 5.56 Å². The highest BCUT2D eigenvalue weighted by Gasteiger charge is 2.17. The zero-order valence-corrected chi connectivity index (χ0v) is 7.26. The van der Waals surface area contributed by atoms with Gasteiger partial charge in [0.25, 0.3) is 6.43 Å². The highest BCUT2D eigenvalue weighted by atomic mass is 19.3. The lowest BCUT2D eigenvalue weighted by molar-refractivity contribution is 0.145. The molecule has 4 N–H and O–H groups in total. The molecule has 1 aromatic heterocycles. The molecule has 0 saturated heterocycles.